The van der Waals surface area contributed by atoms with Gasteiger partial charge in [0.1, 0.15) is 12.0 Å². The van der Waals surface area contributed by atoms with Crippen molar-refractivity contribution in [3.63, 3.8) is 0 Å². The van der Waals surface area contributed by atoms with Crippen molar-refractivity contribution >= 4 is 28.5 Å². The standard InChI is InChI=1S/C16H14N4O3/c1-9-5-14(19-8-18-9)15(21)20-10-6-12(16(22)23-2)11-3-4-17-13(11)7-10/h3-8,17H,1-2H3,(H,20,21). The third-order valence-electron chi connectivity index (χ3n) is 3.37. The van der Waals surface area contributed by atoms with Gasteiger partial charge in [-0.15, -0.1) is 0 Å². The first kappa shape index (κ1) is 14.7. The monoisotopic (exact) mass is 310 g/mol. The van der Waals surface area contributed by atoms with Crippen molar-refractivity contribution < 1.29 is 14.3 Å². The van der Waals surface area contributed by atoms with E-state index in [2.05, 4.69) is 20.3 Å². The molecule has 0 saturated carbocycles. The van der Waals surface area contributed by atoms with E-state index in [1.165, 1.54) is 13.4 Å². The number of aromatic amines is 1. The lowest BCUT2D eigenvalue weighted by Crippen LogP contribution is -2.15. The first-order valence-electron chi connectivity index (χ1n) is 6.88. The molecule has 3 aromatic rings. The number of nitrogens with one attached hydrogen (secondary N) is 2. The van der Waals surface area contributed by atoms with Crippen LogP contribution in [0.1, 0.15) is 26.5 Å². The highest BCUT2D eigenvalue weighted by Crippen LogP contribution is 2.24. The predicted molar refractivity (Wildman–Crippen MR) is 84.4 cm³/mol. The second kappa shape index (κ2) is 5.88. The Morgan fingerprint density at radius 3 is 2.78 bits per heavy atom. The van der Waals surface area contributed by atoms with Gasteiger partial charge in [-0.2, -0.15) is 0 Å². The zero-order valence-electron chi connectivity index (χ0n) is 12.6. The SMILES string of the molecule is COC(=O)c1cc(NC(=O)c2cc(C)ncn2)cc2[nH]ccc12. The molecule has 0 unspecified atom stereocenters. The lowest BCUT2D eigenvalue weighted by molar-refractivity contribution is 0.0603. The van der Waals surface area contributed by atoms with Crippen molar-refractivity contribution in [2.24, 2.45) is 0 Å². The smallest absolute Gasteiger partial charge is 0.338 e. The lowest BCUT2D eigenvalue weighted by atomic mass is 10.1. The van der Waals surface area contributed by atoms with Crippen molar-refractivity contribution in [2.75, 3.05) is 12.4 Å². The second-order valence-corrected chi connectivity index (χ2v) is 4.95. The molecule has 7 nitrogen and oxygen atoms in total. The van der Waals surface area contributed by atoms with Crippen LogP contribution in [0, 0.1) is 6.92 Å². The molecule has 0 aliphatic carbocycles. The Kier molecular flexibility index (Phi) is 3.76. The van der Waals surface area contributed by atoms with Crippen molar-refractivity contribution in [3.05, 3.63) is 53.7 Å². The van der Waals surface area contributed by atoms with Gasteiger partial charge in [0.05, 0.1) is 12.7 Å². The molecule has 7 heteroatoms. The maximum absolute atomic E-state index is 12.3. The molecule has 23 heavy (non-hydrogen) atoms. The van der Waals surface area contributed by atoms with Crippen LogP contribution in [-0.4, -0.2) is 33.9 Å². The topological polar surface area (TPSA) is 97.0 Å². The molecule has 2 heterocycles. The predicted octanol–water partition coefficient (Wildman–Crippen LogP) is 2.31. The molecule has 2 aromatic heterocycles. The summed E-state index contributed by atoms with van der Waals surface area (Å²) in [5.74, 6) is -0.846. The Bertz CT molecular complexity index is 901. The Balaban J connectivity index is 1.97. The highest BCUT2D eigenvalue weighted by Gasteiger charge is 2.15. The van der Waals surface area contributed by atoms with Gasteiger partial charge in [-0.1, -0.05) is 0 Å². The first-order chi connectivity index (χ1) is 11.1. The van der Waals surface area contributed by atoms with E-state index in [1.54, 1.807) is 37.4 Å². The number of rotatable bonds is 3. The summed E-state index contributed by atoms with van der Waals surface area (Å²) in [5, 5.41) is 3.46. The molecule has 2 N–H and O–H groups in total. The maximum atomic E-state index is 12.3. The van der Waals surface area contributed by atoms with Crippen molar-refractivity contribution in [1.82, 2.24) is 15.0 Å². The number of ether oxygens (including phenoxy) is 1. The van der Waals surface area contributed by atoms with E-state index in [9.17, 15) is 9.59 Å². The van der Waals surface area contributed by atoms with Gasteiger partial charge in [0.15, 0.2) is 0 Å². The van der Waals surface area contributed by atoms with Gasteiger partial charge >= 0.3 is 5.97 Å². The number of esters is 1. The molecule has 0 saturated heterocycles. The third-order valence-corrected chi connectivity index (χ3v) is 3.37. The molecule has 0 fully saturated rings. The maximum Gasteiger partial charge on any atom is 0.338 e. The van der Waals surface area contributed by atoms with E-state index in [-0.39, 0.29) is 11.6 Å². The van der Waals surface area contributed by atoms with E-state index in [0.29, 0.717) is 16.9 Å². The molecule has 0 aliphatic heterocycles. The zero-order chi connectivity index (χ0) is 16.4. The number of methoxy groups -OCH3 is 1. The number of benzene rings is 1. The summed E-state index contributed by atoms with van der Waals surface area (Å²) in [5.41, 5.74) is 2.52. The lowest BCUT2D eigenvalue weighted by Gasteiger charge is -2.08. The van der Waals surface area contributed by atoms with Crippen molar-refractivity contribution in [3.8, 4) is 0 Å². The minimum Gasteiger partial charge on any atom is -0.465 e. The quantitative estimate of drug-likeness (QED) is 0.723. The van der Waals surface area contributed by atoms with Gasteiger partial charge in [-0.25, -0.2) is 14.8 Å². The molecule has 1 amide bonds. The van der Waals surface area contributed by atoms with Gasteiger partial charge in [-0.05, 0) is 31.2 Å². The summed E-state index contributed by atoms with van der Waals surface area (Å²) in [6.45, 7) is 1.78. The Morgan fingerprint density at radius 1 is 1.22 bits per heavy atom. The average molecular weight is 310 g/mol. The third kappa shape index (κ3) is 2.89. The normalized spacial score (nSPS) is 10.5. The van der Waals surface area contributed by atoms with Crippen LogP contribution in [0.2, 0.25) is 0 Å². The number of aryl methyl sites for hydroxylation is 1. The first-order valence-corrected chi connectivity index (χ1v) is 6.88. The number of carbonyl (C=O) groups excluding carboxylic acids is 2. The summed E-state index contributed by atoms with van der Waals surface area (Å²) in [7, 11) is 1.32. The summed E-state index contributed by atoms with van der Waals surface area (Å²) in [6.07, 6.45) is 3.05. The van der Waals surface area contributed by atoms with Crippen molar-refractivity contribution in [1.29, 1.82) is 0 Å². The van der Waals surface area contributed by atoms with E-state index in [4.69, 9.17) is 4.74 Å². The molecule has 0 aliphatic rings. The minimum atomic E-state index is -0.469. The van der Waals surface area contributed by atoms with E-state index < -0.39 is 5.97 Å². The molecule has 1 aromatic carbocycles. The summed E-state index contributed by atoms with van der Waals surface area (Å²) < 4.78 is 4.79. The number of anilines is 1. The largest absolute Gasteiger partial charge is 0.465 e. The number of nitrogens with zero attached hydrogens (tertiary/aromatic N) is 2. The molecule has 0 atom stereocenters. The highest BCUT2D eigenvalue weighted by atomic mass is 16.5. The fourth-order valence-corrected chi connectivity index (χ4v) is 2.29. The summed E-state index contributed by atoms with van der Waals surface area (Å²) >= 11 is 0. The minimum absolute atomic E-state index is 0.253. The highest BCUT2D eigenvalue weighted by molar-refractivity contribution is 6.08. The zero-order valence-corrected chi connectivity index (χ0v) is 12.6. The van der Waals surface area contributed by atoms with Gasteiger partial charge in [0, 0.05) is 28.5 Å². The molecular formula is C16H14N4O3. The molecule has 3 rings (SSSR count). The van der Waals surface area contributed by atoms with Crippen molar-refractivity contribution in [2.45, 2.75) is 6.92 Å². The fourth-order valence-electron chi connectivity index (χ4n) is 2.29. The number of fused-ring (bicyclic) bond motifs is 1. The van der Waals surface area contributed by atoms with Gasteiger partial charge in [0.25, 0.3) is 5.91 Å². The summed E-state index contributed by atoms with van der Waals surface area (Å²) in [4.78, 5) is 35.1. The molecular weight excluding hydrogens is 296 g/mol. The molecule has 0 radical (unpaired) electrons. The van der Waals surface area contributed by atoms with Crippen LogP contribution >= 0.6 is 0 Å². The number of carbonyl (C=O) groups is 2. The number of H-pyrrole nitrogens is 1. The number of hydrogen-bond acceptors (Lipinski definition) is 5. The fraction of sp³-hybridized carbons (Fsp3) is 0.125. The van der Waals surface area contributed by atoms with Crippen LogP contribution in [0.15, 0.2) is 36.8 Å². The van der Waals surface area contributed by atoms with Gasteiger partial charge in [0.2, 0.25) is 0 Å². The van der Waals surface area contributed by atoms with Gasteiger partial charge < -0.3 is 15.0 Å². The van der Waals surface area contributed by atoms with Crippen LogP contribution < -0.4 is 5.32 Å². The van der Waals surface area contributed by atoms with Crippen LogP contribution in [0.4, 0.5) is 5.69 Å². The molecule has 116 valence electrons. The summed E-state index contributed by atoms with van der Waals surface area (Å²) in [6, 6.07) is 6.69. The van der Waals surface area contributed by atoms with Crippen LogP contribution in [0.5, 0.6) is 0 Å². The Labute approximate surface area is 131 Å². The molecule has 0 spiro atoms. The molecule has 0 bridgehead atoms. The average Bonchev–Trinajstić information content (AvgIpc) is 3.01. The van der Waals surface area contributed by atoms with Gasteiger partial charge in [-0.3, -0.25) is 4.79 Å². The Hall–Kier alpha value is -3.22. The van der Waals surface area contributed by atoms with Crippen LogP contribution in [-0.2, 0) is 4.74 Å². The number of hydrogen-bond donors (Lipinski definition) is 2. The second-order valence-electron chi connectivity index (χ2n) is 4.95. The number of aromatic nitrogens is 3. The Morgan fingerprint density at radius 2 is 2.04 bits per heavy atom. The van der Waals surface area contributed by atoms with E-state index >= 15 is 0 Å². The van der Waals surface area contributed by atoms with Crippen LogP contribution in [0.25, 0.3) is 10.9 Å². The number of amides is 1. The van der Waals surface area contributed by atoms with E-state index in [0.717, 1.165) is 10.9 Å². The van der Waals surface area contributed by atoms with Crippen LogP contribution in [0.3, 0.4) is 0 Å². The van der Waals surface area contributed by atoms with E-state index in [1.807, 2.05) is 0 Å².